The van der Waals surface area contributed by atoms with E-state index in [0.717, 1.165) is 6.42 Å². The van der Waals surface area contributed by atoms with Crippen LogP contribution < -0.4 is 5.32 Å². The van der Waals surface area contributed by atoms with Gasteiger partial charge in [-0.25, -0.2) is 0 Å². The molecule has 0 saturated heterocycles. The Hall–Kier alpha value is -0.550. The zero-order valence-electron chi connectivity index (χ0n) is 11.5. The predicted octanol–water partition coefficient (Wildman–Crippen LogP) is 5.51. The second kappa shape index (κ2) is 6.48. The average Bonchev–Trinajstić information content (AvgIpc) is 2.95. The lowest BCUT2D eigenvalue weighted by molar-refractivity contribution is 0.322. The van der Waals surface area contributed by atoms with E-state index in [2.05, 4.69) is 63.6 Å². The highest BCUT2D eigenvalue weighted by Gasteiger charge is 2.32. The molecule has 0 amide bonds. The molecular formula is C17H19INS. The minimum Gasteiger partial charge on any atom is -0.378 e. The zero-order valence-corrected chi connectivity index (χ0v) is 14.5. The van der Waals surface area contributed by atoms with Crippen LogP contribution in [0.15, 0.2) is 35.7 Å². The Morgan fingerprint density at radius 1 is 1.20 bits per heavy atom. The van der Waals surface area contributed by atoms with E-state index in [-0.39, 0.29) is 5.54 Å². The van der Waals surface area contributed by atoms with E-state index in [0.29, 0.717) is 0 Å². The monoisotopic (exact) mass is 396 g/mol. The van der Waals surface area contributed by atoms with Gasteiger partial charge in [-0.1, -0.05) is 37.5 Å². The number of hydrogen-bond donors (Lipinski definition) is 1. The Kier molecular flexibility index (Phi) is 4.66. The number of anilines is 1. The van der Waals surface area contributed by atoms with Crippen molar-refractivity contribution in [2.45, 2.75) is 44.1 Å². The van der Waals surface area contributed by atoms with Crippen LogP contribution in [0.25, 0.3) is 0 Å². The summed E-state index contributed by atoms with van der Waals surface area (Å²) in [7, 11) is 0. The fraction of sp³-hybridized carbons (Fsp3) is 0.412. The van der Waals surface area contributed by atoms with Gasteiger partial charge in [0.2, 0.25) is 0 Å². The van der Waals surface area contributed by atoms with Gasteiger partial charge >= 0.3 is 0 Å². The van der Waals surface area contributed by atoms with Gasteiger partial charge in [-0.15, -0.1) is 11.3 Å². The molecule has 20 heavy (non-hydrogen) atoms. The third kappa shape index (κ3) is 3.37. The third-order valence-corrected chi connectivity index (χ3v) is 5.87. The summed E-state index contributed by atoms with van der Waals surface area (Å²) >= 11 is 4.28. The molecule has 0 bridgehead atoms. The maximum Gasteiger partial charge on any atom is 0.0560 e. The van der Waals surface area contributed by atoms with E-state index >= 15 is 0 Å². The van der Waals surface area contributed by atoms with Gasteiger partial charge in [0, 0.05) is 26.5 Å². The summed E-state index contributed by atoms with van der Waals surface area (Å²) in [5.41, 5.74) is 1.40. The molecule has 2 aromatic rings. The molecule has 3 rings (SSSR count). The smallest absolute Gasteiger partial charge is 0.0560 e. The minimum atomic E-state index is 0.223. The second-order valence-corrected chi connectivity index (χ2v) is 7.81. The van der Waals surface area contributed by atoms with Crippen LogP contribution in [0.1, 0.15) is 37.0 Å². The topological polar surface area (TPSA) is 12.0 Å². The van der Waals surface area contributed by atoms with Gasteiger partial charge in [0.1, 0.15) is 0 Å². The van der Waals surface area contributed by atoms with E-state index in [1.165, 1.54) is 46.2 Å². The van der Waals surface area contributed by atoms with Crippen molar-refractivity contribution < 1.29 is 0 Å². The number of thiophene rings is 1. The van der Waals surface area contributed by atoms with Crippen LogP contribution >= 0.6 is 33.9 Å². The van der Waals surface area contributed by atoms with Gasteiger partial charge in [0.05, 0.1) is 5.69 Å². The van der Waals surface area contributed by atoms with Crippen LogP contribution in [0.4, 0.5) is 5.69 Å². The highest BCUT2D eigenvalue weighted by molar-refractivity contribution is 14.1. The first-order chi connectivity index (χ1) is 9.77. The largest absolute Gasteiger partial charge is 0.378 e. The maximum atomic E-state index is 3.84. The molecule has 1 radical (unpaired) electrons. The highest BCUT2D eigenvalue weighted by Crippen LogP contribution is 2.36. The summed E-state index contributed by atoms with van der Waals surface area (Å²) in [6.07, 6.45) is 7.73. The molecule has 3 heteroatoms. The van der Waals surface area contributed by atoms with E-state index < -0.39 is 0 Å². The van der Waals surface area contributed by atoms with Crippen molar-refractivity contribution in [3.8, 4) is 0 Å². The van der Waals surface area contributed by atoms with Crippen LogP contribution in [0.5, 0.6) is 0 Å². The average molecular weight is 396 g/mol. The van der Waals surface area contributed by atoms with Crippen LogP contribution in [-0.4, -0.2) is 5.54 Å². The van der Waals surface area contributed by atoms with E-state index in [1.54, 1.807) is 0 Å². The van der Waals surface area contributed by atoms with Gasteiger partial charge in [0.25, 0.3) is 0 Å². The van der Waals surface area contributed by atoms with Gasteiger partial charge < -0.3 is 5.32 Å². The summed E-state index contributed by atoms with van der Waals surface area (Å²) in [5.74, 6) is 0. The second-order valence-electron chi connectivity index (χ2n) is 5.62. The zero-order chi connectivity index (χ0) is 13.8. The molecule has 1 nitrogen and oxygen atoms in total. The summed E-state index contributed by atoms with van der Waals surface area (Å²) < 4.78 is 1.27. The Labute approximate surface area is 138 Å². The molecule has 1 saturated carbocycles. The molecule has 1 aromatic carbocycles. The van der Waals surface area contributed by atoms with Gasteiger partial charge in [-0.3, -0.25) is 0 Å². The minimum absolute atomic E-state index is 0.223. The van der Waals surface area contributed by atoms with E-state index in [9.17, 15) is 0 Å². The molecule has 0 aliphatic heterocycles. The molecule has 0 unspecified atom stereocenters. The van der Waals surface area contributed by atoms with Crippen molar-refractivity contribution in [2.24, 2.45) is 0 Å². The maximum absolute atomic E-state index is 3.84. The van der Waals surface area contributed by atoms with Crippen LogP contribution in [0, 0.1) is 9.64 Å². The molecule has 1 aliphatic carbocycles. The molecule has 1 fully saturated rings. The van der Waals surface area contributed by atoms with Gasteiger partial charge in [-0.2, -0.15) is 0 Å². The first-order valence-corrected chi connectivity index (χ1v) is 9.20. The van der Waals surface area contributed by atoms with Crippen molar-refractivity contribution in [3.63, 3.8) is 0 Å². The third-order valence-electron chi connectivity index (χ3n) is 4.10. The Morgan fingerprint density at radius 2 is 2.05 bits per heavy atom. The van der Waals surface area contributed by atoms with Crippen molar-refractivity contribution in [1.82, 2.24) is 0 Å². The molecule has 1 N–H and O–H groups in total. The molecule has 1 aromatic heterocycles. The number of halogens is 1. The van der Waals surface area contributed by atoms with Crippen LogP contribution in [0.3, 0.4) is 0 Å². The lowest BCUT2D eigenvalue weighted by Gasteiger charge is -2.39. The van der Waals surface area contributed by atoms with Crippen LogP contribution in [-0.2, 0) is 6.42 Å². The normalized spacial score (nSPS) is 17.9. The molecule has 0 spiro atoms. The van der Waals surface area contributed by atoms with Crippen molar-refractivity contribution in [2.75, 3.05) is 5.32 Å². The highest BCUT2D eigenvalue weighted by atomic mass is 127. The molecule has 1 aliphatic rings. The van der Waals surface area contributed by atoms with Crippen molar-refractivity contribution >= 4 is 39.6 Å². The van der Waals surface area contributed by atoms with Gasteiger partial charge in [0.15, 0.2) is 0 Å². The number of nitrogens with one attached hydrogen (secondary N) is 1. The van der Waals surface area contributed by atoms with Crippen molar-refractivity contribution in [1.29, 1.82) is 0 Å². The van der Waals surface area contributed by atoms with Crippen LogP contribution in [0.2, 0.25) is 0 Å². The Bertz CT molecular complexity index is 544. The number of para-hydroxylation sites is 1. The summed E-state index contributed by atoms with van der Waals surface area (Å²) in [5, 5.41) is 6.03. The number of hydrogen-bond acceptors (Lipinski definition) is 2. The number of rotatable bonds is 4. The summed E-state index contributed by atoms with van der Waals surface area (Å²) in [6, 6.07) is 14.0. The Balaban J connectivity index is 1.84. The molecule has 0 atom stereocenters. The van der Waals surface area contributed by atoms with Gasteiger partial charge in [-0.05, 0) is 52.9 Å². The first kappa shape index (κ1) is 14.4. The standard InChI is InChI=1S/C17H19INS/c18-15-8-2-3-9-16(15)19-17(10-4-1-5-11-17)13-14-7-6-12-20-14/h2-3,6-8,12,19H,1,4-5,10-11,13H2. The molecule has 1 heterocycles. The first-order valence-electron chi connectivity index (χ1n) is 7.24. The fourth-order valence-electron chi connectivity index (χ4n) is 3.10. The molecule has 105 valence electrons. The molecular weight excluding hydrogens is 377 g/mol. The Morgan fingerprint density at radius 3 is 2.75 bits per heavy atom. The predicted molar refractivity (Wildman–Crippen MR) is 95.5 cm³/mol. The lowest BCUT2D eigenvalue weighted by atomic mass is 9.78. The lowest BCUT2D eigenvalue weighted by Crippen LogP contribution is -2.42. The van der Waals surface area contributed by atoms with Crippen molar-refractivity contribution in [3.05, 3.63) is 50.2 Å². The summed E-state index contributed by atoms with van der Waals surface area (Å²) in [6.45, 7) is 0. The number of benzene rings is 1. The quantitative estimate of drug-likeness (QED) is 0.672. The SMILES string of the molecule is Ic1ccc[c]c1NC1(Cc2cccs2)CCCCC1. The van der Waals surface area contributed by atoms with E-state index in [1.807, 2.05) is 17.4 Å². The fourth-order valence-corrected chi connectivity index (χ4v) is 4.45. The summed E-state index contributed by atoms with van der Waals surface area (Å²) in [4.78, 5) is 1.49. The van der Waals surface area contributed by atoms with E-state index in [4.69, 9.17) is 0 Å².